The van der Waals surface area contributed by atoms with Crippen molar-refractivity contribution in [3.63, 3.8) is 0 Å². The lowest BCUT2D eigenvalue weighted by atomic mass is 10.1. The zero-order valence-corrected chi connectivity index (χ0v) is 13.7. The number of carbonyl (C=O) groups is 1. The van der Waals surface area contributed by atoms with Crippen LogP contribution in [-0.2, 0) is 4.79 Å². The summed E-state index contributed by atoms with van der Waals surface area (Å²) in [5.74, 6) is 0.0145. The van der Waals surface area contributed by atoms with Crippen LogP contribution in [0.5, 0.6) is 0 Å². The van der Waals surface area contributed by atoms with Crippen molar-refractivity contribution in [2.24, 2.45) is 0 Å². The minimum absolute atomic E-state index is 0.326. The highest BCUT2D eigenvalue weighted by Crippen LogP contribution is 2.23. The first-order valence-corrected chi connectivity index (χ1v) is 9.39. The molecule has 1 aliphatic rings. The first kappa shape index (κ1) is 17.8. The summed E-state index contributed by atoms with van der Waals surface area (Å²) in [5.41, 5.74) is 0. The first-order chi connectivity index (χ1) is 9.74. The number of aliphatic carboxylic acids is 1. The number of carboxylic acid groups (broad SMARTS) is 1. The molecule has 2 N–H and O–H groups in total. The SMILES string of the molecule is CCCCCCCCCCCCC1NC(C(=O)O)CS1. The van der Waals surface area contributed by atoms with E-state index in [9.17, 15) is 4.79 Å². The van der Waals surface area contributed by atoms with E-state index in [0.717, 1.165) is 12.2 Å². The largest absolute Gasteiger partial charge is 0.480 e. The molecule has 0 aromatic heterocycles. The molecular formula is C16H31NO2S. The van der Waals surface area contributed by atoms with Gasteiger partial charge in [-0.15, -0.1) is 11.8 Å². The van der Waals surface area contributed by atoms with Gasteiger partial charge in [-0.2, -0.15) is 0 Å². The highest BCUT2D eigenvalue weighted by atomic mass is 32.2. The van der Waals surface area contributed by atoms with Gasteiger partial charge in [0.15, 0.2) is 0 Å². The van der Waals surface area contributed by atoms with Gasteiger partial charge in [0.25, 0.3) is 0 Å². The molecule has 0 spiro atoms. The Morgan fingerprint density at radius 2 is 1.60 bits per heavy atom. The summed E-state index contributed by atoms with van der Waals surface area (Å²) in [6.07, 6.45) is 14.7. The third-order valence-electron chi connectivity index (χ3n) is 3.97. The van der Waals surface area contributed by atoms with Gasteiger partial charge in [-0.25, -0.2) is 0 Å². The maximum Gasteiger partial charge on any atom is 0.321 e. The van der Waals surface area contributed by atoms with Crippen LogP contribution in [-0.4, -0.2) is 28.2 Å². The number of carboxylic acids is 1. The number of unbranched alkanes of at least 4 members (excludes halogenated alkanes) is 9. The van der Waals surface area contributed by atoms with Crippen molar-refractivity contribution in [3.05, 3.63) is 0 Å². The van der Waals surface area contributed by atoms with Crippen molar-refractivity contribution in [3.8, 4) is 0 Å². The third-order valence-corrected chi connectivity index (χ3v) is 5.27. The van der Waals surface area contributed by atoms with Gasteiger partial charge < -0.3 is 5.11 Å². The zero-order valence-electron chi connectivity index (χ0n) is 12.9. The number of rotatable bonds is 12. The summed E-state index contributed by atoms with van der Waals surface area (Å²) >= 11 is 1.77. The lowest BCUT2D eigenvalue weighted by molar-refractivity contribution is -0.138. The lowest BCUT2D eigenvalue weighted by Crippen LogP contribution is -2.36. The van der Waals surface area contributed by atoms with Gasteiger partial charge in [0, 0.05) is 5.75 Å². The fraction of sp³-hybridized carbons (Fsp3) is 0.938. The minimum Gasteiger partial charge on any atom is -0.480 e. The summed E-state index contributed by atoms with van der Waals surface area (Å²) in [4.78, 5) is 10.8. The Hall–Kier alpha value is -0.220. The zero-order chi connectivity index (χ0) is 14.6. The van der Waals surface area contributed by atoms with Crippen molar-refractivity contribution >= 4 is 17.7 Å². The Morgan fingerprint density at radius 1 is 1.05 bits per heavy atom. The topological polar surface area (TPSA) is 49.3 Å². The van der Waals surface area contributed by atoms with Gasteiger partial charge in [-0.05, 0) is 6.42 Å². The highest BCUT2D eigenvalue weighted by Gasteiger charge is 2.28. The van der Waals surface area contributed by atoms with Crippen LogP contribution >= 0.6 is 11.8 Å². The quantitative estimate of drug-likeness (QED) is 0.524. The molecule has 3 nitrogen and oxygen atoms in total. The predicted molar refractivity (Wildman–Crippen MR) is 87.3 cm³/mol. The molecule has 1 rings (SSSR count). The average Bonchev–Trinajstić information content (AvgIpc) is 2.90. The second-order valence-corrected chi connectivity index (χ2v) is 7.09. The summed E-state index contributed by atoms with van der Waals surface area (Å²) < 4.78 is 0. The van der Waals surface area contributed by atoms with E-state index in [1.165, 1.54) is 64.2 Å². The summed E-state index contributed by atoms with van der Waals surface area (Å²) in [6.45, 7) is 2.26. The molecule has 2 atom stereocenters. The van der Waals surface area contributed by atoms with Crippen LogP contribution in [0.1, 0.15) is 77.6 Å². The fourth-order valence-electron chi connectivity index (χ4n) is 2.66. The van der Waals surface area contributed by atoms with E-state index >= 15 is 0 Å². The van der Waals surface area contributed by atoms with Crippen LogP contribution in [0.3, 0.4) is 0 Å². The van der Waals surface area contributed by atoms with E-state index in [1.807, 2.05) is 0 Å². The first-order valence-electron chi connectivity index (χ1n) is 8.34. The second-order valence-electron chi connectivity index (χ2n) is 5.85. The van der Waals surface area contributed by atoms with Gasteiger partial charge in [0.05, 0.1) is 5.37 Å². The Morgan fingerprint density at radius 3 is 2.10 bits per heavy atom. The molecule has 0 radical (unpaired) electrons. The molecule has 1 aliphatic heterocycles. The normalized spacial score (nSPS) is 22.2. The second kappa shape index (κ2) is 11.4. The fourth-order valence-corrected chi connectivity index (χ4v) is 3.92. The molecule has 1 saturated heterocycles. The molecule has 0 amide bonds. The van der Waals surface area contributed by atoms with Crippen LogP contribution < -0.4 is 5.32 Å². The van der Waals surface area contributed by atoms with Crippen molar-refractivity contribution in [2.45, 2.75) is 89.0 Å². The van der Waals surface area contributed by atoms with Crippen LogP contribution in [0.2, 0.25) is 0 Å². The number of hydrogen-bond donors (Lipinski definition) is 2. The molecule has 1 heterocycles. The molecule has 0 aliphatic carbocycles. The Balaban J connectivity index is 1.82. The molecule has 0 aromatic carbocycles. The van der Waals surface area contributed by atoms with Crippen molar-refractivity contribution in [1.82, 2.24) is 5.32 Å². The molecular weight excluding hydrogens is 270 g/mol. The van der Waals surface area contributed by atoms with Gasteiger partial charge in [0.2, 0.25) is 0 Å². The Kier molecular flexibility index (Phi) is 10.2. The van der Waals surface area contributed by atoms with Gasteiger partial charge in [-0.3, -0.25) is 10.1 Å². The number of nitrogens with one attached hydrogen (secondary N) is 1. The molecule has 20 heavy (non-hydrogen) atoms. The molecule has 2 unspecified atom stereocenters. The highest BCUT2D eigenvalue weighted by molar-refractivity contribution is 8.00. The van der Waals surface area contributed by atoms with E-state index in [4.69, 9.17) is 5.11 Å². The third kappa shape index (κ3) is 8.15. The Bertz CT molecular complexity index is 261. The smallest absolute Gasteiger partial charge is 0.321 e. The monoisotopic (exact) mass is 301 g/mol. The van der Waals surface area contributed by atoms with Gasteiger partial charge in [-0.1, -0.05) is 71.1 Å². The Labute approximate surface area is 128 Å². The number of hydrogen-bond acceptors (Lipinski definition) is 3. The van der Waals surface area contributed by atoms with E-state index in [1.54, 1.807) is 11.8 Å². The molecule has 118 valence electrons. The van der Waals surface area contributed by atoms with Gasteiger partial charge >= 0.3 is 5.97 Å². The van der Waals surface area contributed by atoms with E-state index < -0.39 is 5.97 Å². The molecule has 1 fully saturated rings. The average molecular weight is 301 g/mol. The van der Waals surface area contributed by atoms with Crippen LogP contribution in [0.25, 0.3) is 0 Å². The summed E-state index contributed by atoms with van der Waals surface area (Å²) in [7, 11) is 0. The van der Waals surface area contributed by atoms with Crippen molar-refractivity contribution < 1.29 is 9.90 Å². The summed E-state index contributed by atoms with van der Waals surface area (Å²) in [6, 6.07) is -0.326. The molecule has 4 heteroatoms. The van der Waals surface area contributed by atoms with Crippen LogP contribution in [0.4, 0.5) is 0 Å². The molecule has 0 bridgehead atoms. The molecule has 0 saturated carbocycles. The van der Waals surface area contributed by atoms with Gasteiger partial charge in [0.1, 0.15) is 6.04 Å². The van der Waals surface area contributed by atoms with Crippen molar-refractivity contribution in [2.75, 3.05) is 5.75 Å². The van der Waals surface area contributed by atoms with Crippen molar-refractivity contribution in [1.29, 1.82) is 0 Å². The predicted octanol–water partition coefficient (Wildman–Crippen LogP) is 4.41. The minimum atomic E-state index is -0.705. The summed E-state index contributed by atoms with van der Waals surface area (Å²) in [5, 5.41) is 12.5. The maximum absolute atomic E-state index is 10.8. The van der Waals surface area contributed by atoms with E-state index in [0.29, 0.717) is 5.37 Å². The van der Waals surface area contributed by atoms with E-state index in [2.05, 4.69) is 12.2 Å². The molecule has 0 aromatic rings. The maximum atomic E-state index is 10.8. The standard InChI is InChI=1S/C16H31NO2S/c1-2-3-4-5-6-7-8-9-10-11-12-15-17-14(13-20-15)16(18)19/h14-15,17H,2-13H2,1H3,(H,18,19). The lowest BCUT2D eigenvalue weighted by Gasteiger charge is -2.10. The van der Waals surface area contributed by atoms with Crippen LogP contribution in [0.15, 0.2) is 0 Å². The van der Waals surface area contributed by atoms with E-state index in [-0.39, 0.29) is 6.04 Å². The van der Waals surface area contributed by atoms with Crippen LogP contribution in [0, 0.1) is 0 Å². The number of thioether (sulfide) groups is 1.